The number of nitrogens with one attached hydrogen (secondary N) is 1. The zero-order valence-corrected chi connectivity index (χ0v) is 26.1. The Morgan fingerprint density at radius 3 is 2.05 bits per heavy atom. The highest BCUT2D eigenvalue weighted by atomic mass is 28.4. The molecular weight excluding hydrogens is 528 g/mol. The highest BCUT2D eigenvalue weighted by Crippen LogP contribution is 2.42. The van der Waals surface area contributed by atoms with Crippen LogP contribution in [0, 0.1) is 0 Å². The molecule has 0 bridgehead atoms. The van der Waals surface area contributed by atoms with Crippen molar-refractivity contribution in [3.05, 3.63) is 90.0 Å². The van der Waals surface area contributed by atoms with Crippen molar-refractivity contribution in [3.8, 4) is 5.75 Å². The number of nitrogens with zero attached hydrogens (tertiary/aromatic N) is 1. The summed E-state index contributed by atoms with van der Waals surface area (Å²) in [6.07, 6.45) is 1.80. The summed E-state index contributed by atoms with van der Waals surface area (Å²) in [6, 6.07) is 27.1. The summed E-state index contributed by atoms with van der Waals surface area (Å²) in [5.41, 5.74) is 1.78. The Balaban J connectivity index is 1.45. The maximum absolute atomic E-state index is 13.4. The third kappa shape index (κ3) is 5.78. The highest BCUT2D eigenvalue weighted by molar-refractivity contribution is 7.00. The van der Waals surface area contributed by atoms with E-state index in [2.05, 4.69) is 92.8 Å². The first-order valence-corrected chi connectivity index (χ1v) is 16.5. The molecule has 1 aliphatic heterocycles. The van der Waals surface area contributed by atoms with Gasteiger partial charge in [0.2, 0.25) is 5.91 Å². The fraction of sp³-hybridized carbons (Fsp3) is 0.412. The number of fused-ring (bicyclic) bond motifs is 1. The number of alkyl carbamates (subject to hydrolysis) is 1. The van der Waals surface area contributed by atoms with E-state index in [1.54, 1.807) is 0 Å². The largest absolute Gasteiger partial charge is 0.534 e. The Kier molecular flexibility index (Phi) is 7.77. The maximum atomic E-state index is 13.4. The molecule has 216 valence electrons. The topological polar surface area (TPSA) is 67.9 Å². The molecule has 0 aromatic heterocycles. The van der Waals surface area contributed by atoms with E-state index in [9.17, 15) is 9.59 Å². The molecule has 0 saturated carbocycles. The van der Waals surface area contributed by atoms with Gasteiger partial charge in [0.25, 0.3) is 0 Å². The molecule has 3 aromatic rings. The van der Waals surface area contributed by atoms with Crippen LogP contribution >= 0.6 is 0 Å². The van der Waals surface area contributed by atoms with E-state index >= 15 is 0 Å². The van der Waals surface area contributed by atoms with Gasteiger partial charge in [-0.1, -0.05) is 87.5 Å². The number of ether oxygens (including phenoxy) is 1. The van der Waals surface area contributed by atoms with Gasteiger partial charge in [-0.3, -0.25) is 4.79 Å². The monoisotopic (exact) mass is 570 g/mol. The molecule has 2 aliphatic rings. The lowest BCUT2D eigenvalue weighted by molar-refractivity contribution is -0.131. The summed E-state index contributed by atoms with van der Waals surface area (Å²) >= 11 is 0. The SMILES string of the molecule is CC(C)(C)OC(=O)N[C@H]1CCN([C@@H]2CCc3ccc(O[Si](c4ccccc4)(c4ccccc4)C(C)(C)C)cc32)C1=O. The number of carbonyl (C=O) groups excluding carboxylic acids is 2. The molecule has 0 radical (unpaired) electrons. The molecule has 1 saturated heterocycles. The van der Waals surface area contributed by atoms with Crippen molar-refractivity contribution in [2.45, 2.75) is 83.5 Å². The Morgan fingerprint density at radius 1 is 0.878 bits per heavy atom. The number of amides is 2. The minimum Gasteiger partial charge on any atom is -0.534 e. The van der Waals surface area contributed by atoms with Crippen LogP contribution in [-0.4, -0.2) is 43.4 Å². The van der Waals surface area contributed by atoms with Gasteiger partial charge in [0, 0.05) is 6.54 Å². The van der Waals surface area contributed by atoms with Crippen molar-refractivity contribution in [2.75, 3.05) is 6.54 Å². The molecule has 0 unspecified atom stereocenters. The van der Waals surface area contributed by atoms with Gasteiger partial charge in [-0.2, -0.15) is 0 Å². The average molecular weight is 571 g/mol. The van der Waals surface area contributed by atoms with Crippen LogP contribution in [0.2, 0.25) is 5.04 Å². The number of benzene rings is 3. The normalized spacial score (nSPS) is 19.2. The average Bonchev–Trinajstić information content (AvgIpc) is 3.49. The highest BCUT2D eigenvalue weighted by Gasteiger charge is 2.52. The van der Waals surface area contributed by atoms with Crippen molar-refractivity contribution in [3.63, 3.8) is 0 Å². The van der Waals surface area contributed by atoms with Crippen LogP contribution in [-0.2, 0) is 16.0 Å². The second kappa shape index (κ2) is 11.0. The molecule has 3 aromatic carbocycles. The van der Waals surface area contributed by atoms with Gasteiger partial charge in [-0.25, -0.2) is 4.79 Å². The molecule has 1 fully saturated rings. The molecule has 2 amide bonds. The molecule has 6 nitrogen and oxygen atoms in total. The Hall–Kier alpha value is -3.58. The second-order valence-corrected chi connectivity index (χ2v) is 17.4. The fourth-order valence-electron chi connectivity index (χ4n) is 6.37. The van der Waals surface area contributed by atoms with E-state index in [0.717, 1.165) is 24.2 Å². The number of aryl methyl sites for hydroxylation is 1. The number of rotatable bonds is 6. The fourth-order valence-corrected chi connectivity index (χ4v) is 10.8. The van der Waals surface area contributed by atoms with Gasteiger partial charge in [0.1, 0.15) is 17.4 Å². The van der Waals surface area contributed by atoms with Gasteiger partial charge in [0.05, 0.1) is 6.04 Å². The molecule has 5 rings (SSSR count). The van der Waals surface area contributed by atoms with E-state index < -0.39 is 26.1 Å². The number of hydrogen-bond acceptors (Lipinski definition) is 4. The maximum Gasteiger partial charge on any atom is 0.408 e. The van der Waals surface area contributed by atoms with Gasteiger partial charge >= 0.3 is 14.4 Å². The predicted molar refractivity (Wildman–Crippen MR) is 165 cm³/mol. The Labute approximate surface area is 245 Å². The smallest absolute Gasteiger partial charge is 0.408 e. The van der Waals surface area contributed by atoms with Gasteiger partial charge in [-0.05, 0) is 78.7 Å². The molecule has 41 heavy (non-hydrogen) atoms. The predicted octanol–water partition coefficient (Wildman–Crippen LogP) is 5.74. The van der Waals surface area contributed by atoms with Gasteiger partial charge in [-0.15, -0.1) is 0 Å². The zero-order chi connectivity index (χ0) is 29.4. The third-order valence-corrected chi connectivity index (χ3v) is 13.1. The molecule has 0 spiro atoms. The second-order valence-electron chi connectivity index (χ2n) is 13.2. The minimum absolute atomic E-state index is 0.0364. The zero-order valence-electron chi connectivity index (χ0n) is 25.1. The van der Waals surface area contributed by atoms with Crippen LogP contribution in [0.3, 0.4) is 0 Å². The lowest BCUT2D eigenvalue weighted by Gasteiger charge is -2.43. The van der Waals surface area contributed by atoms with Gasteiger partial charge < -0.3 is 19.4 Å². The summed E-state index contributed by atoms with van der Waals surface area (Å²) in [4.78, 5) is 27.7. The third-order valence-electron chi connectivity index (χ3n) is 8.16. The van der Waals surface area contributed by atoms with Crippen molar-refractivity contribution >= 4 is 30.7 Å². The summed E-state index contributed by atoms with van der Waals surface area (Å²) < 4.78 is 12.7. The first-order valence-electron chi connectivity index (χ1n) is 14.6. The lowest BCUT2D eigenvalue weighted by atomic mass is 10.1. The van der Waals surface area contributed by atoms with Crippen molar-refractivity contribution < 1.29 is 18.8 Å². The van der Waals surface area contributed by atoms with Crippen LogP contribution in [0.4, 0.5) is 4.79 Å². The van der Waals surface area contributed by atoms with E-state index in [4.69, 9.17) is 9.16 Å². The van der Waals surface area contributed by atoms with Gasteiger partial charge in [0.15, 0.2) is 0 Å². The summed E-state index contributed by atoms with van der Waals surface area (Å²) in [7, 11) is -2.78. The molecule has 7 heteroatoms. The van der Waals surface area contributed by atoms with E-state index in [-0.39, 0.29) is 17.0 Å². The Morgan fingerprint density at radius 2 is 1.49 bits per heavy atom. The number of hydrogen-bond donors (Lipinski definition) is 1. The minimum atomic E-state index is -2.78. The van der Waals surface area contributed by atoms with Crippen molar-refractivity contribution in [1.29, 1.82) is 0 Å². The number of carbonyl (C=O) groups is 2. The van der Waals surface area contributed by atoms with Crippen LogP contribution in [0.15, 0.2) is 78.9 Å². The molecular formula is C34H42N2O4Si. The van der Waals surface area contributed by atoms with Crippen LogP contribution in [0.1, 0.15) is 71.6 Å². The molecule has 2 atom stereocenters. The Bertz CT molecular complexity index is 1360. The van der Waals surface area contributed by atoms with E-state index in [0.29, 0.717) is 13.0 Å². The van der Waals surface area contributed by atoms with Crippen molar-refractivity contribution in [2.24, 2.45) is 0 Å². The van der Waals surface area contributed by atoms with Crippen LogP contribution < -0.4 is 20.1 Å². The standard InChI is InChI=1S/C34H42N2O4Si/c1-33(2,3)39-32(38)35-29-21-22-36(31(29)37)30-20-18-24-17-19-25(23-28(24)30)40-41(34(4,5)6,26-13-9-7-10-14-26)27-15-11-8-12-16-27/h7-17,19,23,29-30H,18,20-22H2,1-6H3,(H,35,38)/t29-,30+/m0/s1. The molecule has 1 heterocycles. The summed E-state index contributed by atoms with van der Waals surface area (Å²) in [5, 5.41) is 5.08. The summed E-state index contributed by atoms with van der Waals surface area (Å²) in [6.45, 7) is 12.9. The summed E-state index contributed by atoms with van der Waals surface area (Å²) in [5.74, 6) is 0.784. The first kappa shape index (κ1) is 28.9. The lowest BCUT2D eigenvalue weighted by Crippen LogP contribution is -2.68. The molecule has 1 N–H and O–H groups in total. The van der Waals surface area contributed by atoms with Crippen molar-refractivity contribution in [1.82, 2.24) is 10.2 Å². The van der Waals surface area contributed by atoms with Crippen LogP contribution in [0.25, 0.3) is 0 Å². The number of likely N-dealkylation sites (tertiary alicyclic amines) is 1. The first-order chi connectivity index (χ1) is 19.4. The quantitative estimate of drug-likeness (QED) is 0.384. The van der Waals surface area contributed by atoms with E-state index in [1.807, 2.05) is 37.8 Å². The molecule has 1 aliphatic carbocycles. The van der Waals surface area contributed by atoms with Crippen LogP contribution in [0.5, 0.6) is 5.75 Å². The van der Waals surface area contributed by atoms with E-state index in [1.165, 1.54) is 15.9 Å².